The lowest BCUT2D eigenvalue weighted by Gasteiger charge is -2.41. The van der Waals surface area contributed by atoms with Gasteiger partial charge in [0.25, 0.3) is 5.91 Å². The van der Waals surface area contributed by atoms with Gasteiger partial charge in [0.05, 0.1) is 28.3 Å². The van der Waals surface area contributed by atoms with Gasteiger partial charge in [-0.2, -0.15) is 0 Å². The van der Waals surface area contributed by atoms with E-state index >= 15 is 0 Å². The van der Waals surface area contributed by atoms with Crippen LogP contribution in [0, 0.1) is 11.3 Å². The second kappa shape index (κ2) is 16.8. The Balaban J connectivity index is 1.46. The fourth-order valence-electron chi connectivity index (χ4n) is 6.23. The van der Waals surface area contributed by atoms with E-state index in [1.165, 1.54) is 11.9 Å². The van der Waals surface area contributed by atoms with Gasteiger partial charge >= 0.3 is 5.97 Å². The fraction of sp³-hybridized carbons (Fsp3) is 0.583. The van der Waals surface area contributed by atoms with Crippen LogP contribution in [-0.2, 0) is 23.9 Å². The van der Waals surface area contributed by atoms with Crippen molar-refractivity contribution in [3.63, 3.8) is 0 Å². The van der Waals surface area contributed by atoms with Gasteiger partial charge in [0, 0.05) is 11.9 Å². The zero-order valence-corrected chi connectivity index (χ0v) is 31.8. The Kier molecular flexibility index (Phi) is 13.4. The number of hydrogen-bond acceptors (Lipinski definition) is 9. The van der Waals surface area contributed by atoms with E-state index < -0.39 is 63.4 Å². The summed E-state index contributed by atoms with van der Waals surface area (Å²) in [6.07, 6.45) is 5.36. The smallest absolute Gasteiger partial charge is 0.325 e. The number of pyridine rings is 1. The number of rotatable bonds is 11. The molecule has 1 aromatic heterocycles. The molecule has 2 fully saturated rings. The number of nitrogens with zero attached hydrogens (tertiary/aromatic N) is 2. The van der Waals surface area contributed by atoms with Gasteiger partial charge < -0.3 is 25.6 Å². The minimum atomic E-state index is -1.77. The molecule has 4 rings (SSSR count). The average Bonchev–Trinajstić information content (AvgIpc) is 3.07. The normalized spacial score (nSPS) is 24.6. The summed E-state index contributed by atoms with van der Waals surface area (Å²) in [5.41, 5.74) is 2.97. The summed E-state index contributed by atoms with van der Waals surface area (Å²) in [5, 5.41) is 28.6. The van der Waals surface area contributed by atoms with Gasteiger partial charge in [0.15, 0.2) is 0 Å². The van der Waals surface area contributed by atoms with E-state index in [0.29, 0.717) is 56.3 Å². The largest absolute Gasteiger partial charge is 0.460 e. The van der Waals surface area contributed by atoms with Crippen LogP contribution in [0.2, 0.25) is 0 Å². The molecule has 15 heteroatoms. The van der Waals surface area contributed by atoms with Crippen LogP contribution >= 0.6 is 34.8 Å². The number of fused-ring (bicyclic) bond motifs is 1. The number of aromatic nitrogens is 1. The number of halogens is 3. The molecular formula is C36H48Cl3N5O7. The van der Waals surface area contributed by atoms with E-state index in [4.69, 9.17) is 39.5 Å². The van der Waals surface area contributed by atoms with E-state index in [1.54, 1.807) is 33.8 Å². The van der Waals surface area contributed by atoms with Gasteiger partial charge in [-0.1, -0.05) is 79.0 Å². The standard InChI is InChI=1S/C36H48Cl3N5O7/c1-21(2)29(30(46)40-22(3)31(47)44-18-6-7-27(43-44)32(48)51-20-36(37,38)39)42-33(49)35(16-14-34(5,50)15-17-35)13-12-24-8-9-25-10-11-26(23(4)45)41-28(25)19-24/h8-13,19,21-23,27,29,43,45,50H,6-7,14-18,20H2,1-5H3,(H,40,46)(H,42,49)/b13-12+/t22?,23-,27+,29+,34?,35?/m1/s1. The number of esters is 1. The maximum atomic E-state index is 14.2. The van der Waals surface area contributed by atoms with Crippen LogP contribution in [0.5, 0.6) is 0 Å². The quantitative estimate of drug-likeness (QED) is 0.161. The predicted molar refractivity (Wildman–Crippen MR) is 196 cm³/mol. The Morgan fingerprint density at radius 3 is 2.37 bits per heavy atom. The maximum Gasteiger partial charge on any atom is 0.325 e. The lowest BCUT2D eigenvalue weighted by Crippen LogP contribution is -2.61. The van der Waals surface area contributed by atoms with Crippen molar-refractivity contribution in [2.24, 2.45) is 11.3 Å². The van der Waals surface area contributed by atoms with Gasteiger partial charge in [-0.3, -0.25) is 29.2 Å². The molecule has 2 aliphatic rings. The van der Waals surface area contributed by atoms with Crippen molar-refractivity contribution in [2.75, 3.05) is 13.2 Å². The zero-order valence-electron chi connectivity index (χ0n) is 29.5. The van der Waals surface area contributed by atoms with Crippen molar-refractivity contribution in [1.29, 1.82) is 0 Å². The van der Waals surface area contributed by atoms with Gasteiger partial charge in [-0.05, 0) is 82.9 Å². The summed E-state index contributed by atoms with van der Waals surface area (Å²) in [5.74, 6) is -2.37. The third-order valence-corrected chi connectivity index (χ3v) is 9.84. The first kappa shape index (κ1) is 40.8. The van der Waals surface area contributed by atoms with Gasteiger partial charge in [0.2, 0.25) is 15.6 Å². The highest BCUT2D eigenvalue weighted by Crippen LogP contribution is 2.43. The van der Waals surface area contributed by atoms with Crippen LogP contribution in [0.4, 0.5) is 0 Å². The van der Waals surface area contributed by atoms with Crippen LogP contribution in [0.1, 0.15) is 90.5 Å². The molecule has 12 nitrogen and oxygen atoms in total. The Hall–Kier alpha value is -3.00. The van der Waals surface area contributed by atoms with Crippen LogP contribution in [0.3, 0.4) is 0 Å². The Labute approximate surface area is 313 Å². The molecule has 1 unspecified atom stereocenters. The molecule has 4 atom stereocenters. The molecule has 3 amide bonds. The summed E-state index contributed by atoms with van der Waals surface area (Å²) in [7, 11) is 0. The highest BCUT2D eigenvalue weighted by molar-refractivity contribution is 6.67. The highest BCUT2D eigenvalue weighted by Gasteiger charge is 2.44. The summed E-state index contributed by atoms with van der Waals surface area (Å²) in [6.45, 7) is 8.39. The molecule has 2 aromatic rings. The van der Waals surface area contributed by atoms with E-state index in [9.17, 15) is 29.4 Å². The molecule has 0 radical (unpaired) electrons. The SMILES string of the molecule is CC(NC(=O)[C@@H](NC(=O)C1(/C=C/c2ccc3ccc([C@@H](C)O)nc3c2)CCC(C)(O)CC1)C(C)C)C(=O)N1CCC[C@@H](C(=O)OCC(Cl)(Cl)Cl)N1. The second-order valence-corrected chi connectivity index (χ2v) is 16.8. The molecule has 5 N–H and O–H groups in total. The number of carbonyl (C=O) groups excluding carboxylic acids is 4. The van der Waals surface area contributed by atoms with Crippen molar-refractivity contribution in [1.82, 2.24) is 26.1 Å². The van der Waals surface area contributed by atoms with E-state index in [0.717, 1.165) is 10.9 Å². The molecule has 1 aromatic carbocycles. The lowest BCUT2D eigenvalue weighted by atomic mass is 9.68. The van der Waals surface area contributed by atoms with Crippen molar-refractivity contribution < 1.29 is 34.1 Å². The van der Waals surface area contributed by atoms with Crippen LogP contribution < -0.4 is 16.1 Å². The number of aliphatic hydroxyl groups excluding tert-OH is 1. The summed E-state index contributed by atoms with van der Waals surface area (Å²) >= 11 is 17.0. The minimum Gasteiger partial charge on any atom is -0.460 e. The second-order valence-electron chi connectivity index (χ2n) is 14.3. The highest BCUT2D eigenvalue weighted by atomic mass is 35.6. The van der Waals surface area contributed by atoms with E-state index in [-0.39, 0.29) is 11.8 Å². The predicted octanol–water partition coefficient (Wildman–Crippen LogP) is 4.67. The summed E-state index contributed by atoms with van der Waals surface area (Å²) in [6, 6.07) is 6.61. The number of alkyl halides is 3. The van der Waals surface area contributed by atoms with E-state index in [1.807, 2.05) is 36.4 Å². The monoisotopic (exact) mass is 767 g/mol. The Bertz CT molecular complexity index is 1620. The van der Waals surface area contributed by atoms with Crippen molar-refractivity contribution in [3.05, 3.63) is 47.7 Å². The van der Waals surface area contributed by atoms with Crippen LogP contribution in [0.25, 0.3) is 17.0 Å². The lowest BCUT2D eigenvalue weighted by molar-refractivity contribution is -0.152. The number of carbonyl (C=O) groups is 4. The first-order chi connectivity index (χ1) is 23.8. The fourth-order valence-corrected chi connectivity index (χ4v) is 6.40. The third-order valence-electron chi connectivity index (χ3n) is 9.51. The van der Waals surface area contributed by atoms with Crippen molar-refractivity contribution >= 4 is 75.5 Å². The van der Waals surface area contributed by atoms with Gasteiger partial charge in [0.1, 0.15) is 24.7 Å². The topological polar surface area (TPSA) is 170 Å². The number of nitrogens with one attached hydrogen (secondary N) is 3. The minimum absolute atomic E-state index is 0.297. The van der Waals surface area contributed by atoms with Gasteiger partial charge in [-0.15, -0.1) is 0 Å². The number of ether oxygens (including phenoxy) is 1. The van der Waals surface area contributed by atoms with Crippen LogP contribution in [-0.4, -0.2) is 84.6 Å². The van der Waals surface area contributed by atoms with Gasteiger partial charge in [-0.25, -0.2) is 5.43 Å². The summed E-state index contributed by atoms with van der Waals surface area (Å²) < 4.78 is 3.29. The molecule has 280 valence electrons. The molecule has 1 aliphatic heterocycles. The molecule has 1 saturated heterocycles. The molecule has 0 spiro atoms. The molecule has 1 saturated carbocycles. The molecular weight excluding hydrogens is 721 g/mol. The number of aliphatic hydroxyl groups is 2. The number of benzene rings is 1. The molecule has 0 bridgehead atoms. The van der Waals surface area contributed by atoms with Crippen molar-refractivity contribution in [3.8, 4) is 0 Å². The Morgan fingerprint density at radius 1 is 1.08 bits per heavy atom. The maximum absolute atomic E-state index is 14.2. The number of amides is 3. The van der Waals surface area contributed by atoms with Crippen LogP contribution in [0.15, 0.2) is 36.4 Å². The first-order valence-corrected chi connectivity index (χ1v) is 18.4. The van der Waals surface area contributed by atoms with Crippen molar-refractivity contribution in [2.45, 2.75) is 107 Å². The molecule has 1 aliphatic carbocycles. The zero-order chi connectivity index (χ0) is 37.7. The third kappa shape index (κ3) is 11.0. The summed E-state index contributed by atoms with van der Waals surface area (Å²) in [4.78, 5) is 58.2. The number of hydrazine groups is 1. The first-order valence-electron chi connectivity index (χ1n) is 17.2. The molecule has 51 heavy (non-hydrogen) atoms. The Morgan fingerprint density at radius 2 is 1.75 bits per heavy atom. The average molecular weight is 769 g/mol. The number of hydrogen-bond donors (Lipinski definition) is 5. The van der Waals surface area contributed by atoms with E-state index in [2.05, 4.69) is 21.0 Å². The molecule has 2 heterocycles.